The summed E-state index contributed by atoms with van der Waals surface area (Å²) in [4.78, 5) is 11.4. The Labute approximate surface area is 127 Å². The summed E-state index contributed by atoms with van der Waals surface area (Å²) in [5.41, 5.74) is 0. The summed E-state index contributed by atoms with van der Waals surface area (Å²) in [6, 6.07) is 2.68. The first-order valence-corrected chi connectivity index (χ1v) is 8.23. The van der Waals surface area contributed by atoms with E-state index in [1.807, 2.05) is 19.9 Å². The molecule has 0 radical (unpaired) electrons. The van der Waals surface area contributed by atoms with Gasteiger partial charge in [-0.25, -0.2) is 4.98 Å². The van der Waals surface area contributed by atoms with Crippen molar-refractivity contribution in [3.63, 3.8) is 0 Å². The monoisotopic (exact) mass is 290 g/mol. The van der Waals surface area contributed by atoms with E-state index in [0.29, 0.717) is 18.5 Å². The molecule has 3 heterocycles. The van der Waals surface area contributed by atoms with E-state index in [9.17, 15) is 0 Å². The molecule has 1 aromatic rings. The second-order valence-corrected chi connectivity index (χ2v) is 6.10. The van der Waals surface area contributed by atoms with Gasteiger partial charge in [0.05, 0.1) is 6.61 Å². The highest BCUT2D eigenvalue weighted by atomic mass is 16.5. The number of anilines is 1. The summed E-state index contributed by atoms with van der Waals surface area (Å²) in [7, 11) is 0. The second-order valence-electron chi connectivity index (χ2n) is 6.10. The molecular weight excluding hydrogens is 264 g/mol. The first-order chi connectivity index (χ1) is 10.3. The number of rotatable bonds is 4. The smallest absolute Gasteiger partial charge is 0.218 e. The normalized spacial score (nSPS) is 26.1. The van der Waals surface area contributed by atoms with Crippen molar-refractivity contribution in [1.29, 1.82) is 0 Å². The standard InChI is InChI=1S/C16H26N4O/c1-3-21-16-10-15(18-12(2)19-16)20-9-5-6-13(11-20)14-7-4-8-17-14/h10,13-14,17H,3-9,11H2,1-2H3. The average Bonchev–Trinajstić information content (AvgIpc) is 3.01. The van der Waals surface area contributed by atoms with Gasteiger partial charge in [0.2, 0.25) is 5.88 Å². The zero-order chi connectivity index (χ0) is 14.7. The molecule has 2 aliphatic heterocycles. The Balaban J connectivity index is 1.73. The van der Waals surface area contributed by atoms with Crippen LogP contribution in [0, 0.1) is 12.8 Å². The fourth-order valence-electron chi connectivity index (χ4n) is 3.57. The van der Waals surface area contributed by atoms with Gasteiger partial charge in [0.15, 0.2) is 0 Å². The lowest BCUT2D eigenvalue weighted by Crippen LogP contribution is -2.43. The maximum Gasteiger partial charge on any atom is 0.218 e. The van der Waals surface area contributed by atoms with Crippen LogP contribution in [-0.4, -0.2) is 42.3 Å². The van der Waals surface area contributed by atoms with Gasteiger partial charge in [-0.2, -0.15) is 4.98 Å². The van der Waals surface area contributed by atoms with Crippen LogP contribution in [0.2, 0.25) is 0 Å². The summed E-state index contributed by atoms with van der Waals surface area (Å²) < 4.78 is 5.55. The van der Waals surface area contributed by atoms with Crippen molar-refractivity contribution >= 4 is 5.82 Å². The summed E-state index contributed by atoms with van der Waals surface area (Å²) >= 11 is 0. The number of piperidine rings is 1. The van der Waals surface area contributed by atoms with Crippen LogP contribution in [0.1, 0.15) is 38.4 Å². The molecule has 0 amide bonds. The minimum atomic E-state index is 0.643. The third kappa shape index (κ3) is 3.46. The van der Waals surface area contributed by atoms with Crippen LogP contribution in [-0.2, 0) is 0 Å². The maximum atomic E-state index is 5.55. The summed E-state index contributed by atoms with van der Waals surface area (Å²) in [6.45, 7) is 7.93. The van der Waals surface area contributed by atoms with E-state index < -0.39 is 0 Å². The number of hydrogen-bond acceptors (Lipinski definition) is 5. The van der Waals surface area contributed by atoms with E-state index in [1.165, 1.54) is 32.2 Å². The van der Waals surface area contributed by atoms with Gasteiger partial charge < -0.3 is 15.0 Å². The maximum absolute atomic E-state index is 5.55. The van der Waals surface area contributed by atoms with Gasteiger partial charge in [-0.3, -0.25) is 0 Å². The third-order valence-electron chi connectivity index (χ3n) is 4.54. The first kappa shape index (κ1) is 14.6. The van der Waals surface area contributed by atoms with Crippen LogP contribution >= 0.6 is 0 Å². The van der Waals surface area contributed by atoms with Crippen molar-refractivity contribution < 1.29 is 4.74 Å². The number of nitrogens with one attached hydrogen (secondary N) is 1. The molecule has 116 valence electrons. The summed E-state index contributed by atoms with van der Waals surface area (Å²) in [6.07, 6.45) is 5.22. The predicted octanol–water partition coefficient (Wildman–Crippen LogP) is 2.15. The fraction of sp³-hybridized carbons (Fsp3) is 0.750. The molecule has 1 N–H and O–H groups in total. The van der Waals surface area contributed by atoms with E-state index in [0.717, 1.165) is 30.6 Å². The summed E-state index contributed by atoms with van der Waals surface area (Å²) in [5.74, 6) is 3.25. The Hall–Kier alpha value is -1.36. The van der Waals surface area contributed by atoms with E-state index in [1.54, 1.807) is 0 Å². The number of hydrogen-bond donors (Lipinski definition) is 1. The lowest BCUT2D eigenvalue weighted by atomic mass is 9.90. The zero-order valence-electron chi connectivity index (χ0n) is 13.1. The molecule has 2 aliphatic rings. The van der Waals surface area contributed by atoms with E-state index in [2.05, 4.69) is 20.2 Å². The Morgan fingerprint density at radius 2 is 2.24 bits per heavy atom. The van der Waals surface area contributed by atoms with Gasteiger partial charge in [0, 0.05) is 25.2 Å². The molecule has 2 saturated heterocycles. The minimum Gasteiger partial charge on any atom is -0.478 e. The third-order valence-corrected chi connectivity index (χ3v) is 4.54. The topological polar surface area (TPSA) is 50.3 Å². The van der Waals surface area contributed by atoms with Crippen molar-refractivity contribution in [3.8, 4) is 5.88 Å². The van der Waals surface area contributed by atoms with Crippen LogP contribution in [0.3, 0.4) is 0 Å². The van der Waals surface area contributed by atoms with Crippen molar-refractivity contribution in [1.82, 2.24) is 15.3 Å². The van der Waals surface area contributed by atoms with Gasteiger partial charge in [-0.05, 0) is 52.0 Å². The van der Waals surface area contributed by atoms with Crippen LogP contribution in [0.4, 0.5) is 5.82 Å². The molecule has 0 aromatic carbocycles. The molecule has 3 rings (SSSR count). The molecule has 0 aliphatic carbocycles. The van der Waals surface area contributed by atoms with Crippen LogP contribution in [0.25, 0.3) is 0 Å². The Morgan fingerprint density at radius 1 is 1.33 bits per heavy atom. The molecule has 2 unspecified atom stereocenters. The highest BCUT2D eigenvalue weighted by Gasteiger charge is 2.29. The predicted molar refractivity (Wildman–Crippen MR) is 83.9 cm³/mol. The van der Waals surface area contributed by atoms with Gasteiger partial charge in [0.1, 0.15) is 11.6 Å². The lowest BCUT2D eigenvalue weighted by molar-refractivity contribution is 0.320. The molecule has 1 aromatic heterocycles. The number of nitrogens with zero attached hydrogens (tertiary/aromatic N) is 3. The van der Waals surface area contributed by atoms with E-state index >= 15 is 0 Å². The minimum absolute atomic E-state index is 0.643. The van der Waals surface area contributed by atoms with Crippen molar-refractivity contribution in [3.05, 3.63) is 11.9 Å². The Morgan fingerprint density at radius 3 is 3.00 bits per heavy atom. The number of ether oxygens (including phenoxy) is 1. The van der Waals surface area contributed by atoms with E-state index in [-0.39, 0.29) is 0 Å². The molecule has 0 spiro atoms. The second kappa shape index (κ2) is 6.60. The largest absolute Gasteiger partial charge is 0.478 e. The van der Waals surface area contributed by atoms with Gasteiger partial charge >= 0.3 is 0 Å². The van der Waals surface area contributed by atoms with Gasteiger partial charge in [-0.1, -0.05) is 0 Å². The SMILES string of the molecule is CCOc1cc(N2CCCC(C3CCCN3)C2)nc(C)n1. The van der Waals surface area contributed by atoms with Crippen LogP contribution in [0.15, 0.2) is 6.07 Å². The Kier molecular flexibility index (Phi) is 4.58. The molecule has 21 heavy (non-hydrogen) atoms. The Bertz CT molecular complexity index is 473. The van der Waals surface area contributed by atoms with Crippen molar-refractivity contribution in [2.45, 2.75) is 45.6 Å². The molecule has 5 nitrogen and oxygen atoms in total. The quantitative estimate of drug-likeness (QED) is 0.921. The summed E-state index contributed by atoms with van der Waals surface area (Å²) in [5, 5.41) is 3.66. The molecular formula is C16H26N4O. The average molecular weight is 290 g/mol. The number of aryl methyl sites for hydroxylation is 1. The van der Waals surface area contributed by atoms with Crippen molar-refractivity contribution in [2.75, 3.05) is 31.1 Å². The molecule has 2 atom stereocenters. The molecule has 5 heteroatoms. The fourth-order valence-corrected chi connectivity index (χ4v) is 3.57. The van der Waals surface area contributed by atoms with Crippen LogP contribution in [0.5, 0.6) is 5.88 Å². The number of aromatic nitrogens is 2. The van der Waals surface area contributed by atoms with Crippen molar-refractivity contribution in [2.24, 2.45) is 5.92 Å². The highest BCUT2D eigenvalue weighted by Crippen LogP contribution is 2.28. The zero-order valence-corrected chi connectivity index (χ0v) is 13.1. The first-order valence-electron chi connectivity index (χ1n) is 8.23. The molecule has 0 saturated carbocycles. The van der Waals surface area contributed by atoms with E-state index in [4.69, 9.17) is 4.74 Å². The highest BCUT2D eigenvalue weighted by molar-refractivity contribution is 5.42. The van der Waals surface area contributed by atoms with Crippen LogP contribution < -0.4 is 15.0 Å². The molecule has 2 fully saturated rings. The lowest BCUT2D eigenvalue weighted by Gasteiger charge is -2.36. The van der Waals surface area contributed by atoms with Gasteiger partial charge in [-0.15, -0.1) is 0 Å². The molecule has 0 bridgehead atoms. The van der Waals surface area contributed by atoms with Gasteiger partial charge in [0.25, 0.3) is 0 Å².